The maximum atomic E-state index is 12.5. The molecule has 0 unspecified atom stereocenters. The van der Waals surface area contributed by atoms with Crippen LogP contribution in [0.1, 0.15) is 28.9 Å². The van der Waals surface area contributed by atoms with Crippen molar-refractivity contribution in [3.8, 4) is 0 Å². The molecule has 31 heavy (non-hydrogen) atoms. The maximum absolute atomic E-state index is 12.5. The Morgan fingerprint density at radius 1 is 1.10 bits per heavy atom. The Morgan fingerprint density at radius 3 is 2.84 bits per heavy atom. The van der Waals surface area contributed by atoms with Crippen LogP contribution in [0.15, 0.2) is 48.8 Å². The summed E-state index contributed by atoms with van der Waals surface area (Å²) < 4.78 is 1.84. The van der Waals surface area contributed by atoms with Crippen molar-refractivity contribution < 1.29 is 4.79 Å². The number of hydrogen-bond donors (Lipinski definition) is 2. The largest absolute Gasteiger partial charge is 0.361 e. The van der Waals surface area contributed by atoms with Crippen molar-refractivity contribution >= 4 is 33.5 Å². The van der Waals surface area contributed by atoms with E-state index in [9.17, 15) is 4.79 Å². The number of nitrogens with one attached hydrogen (secondary N) is 2. The molecule has 0 spiro atoms. The standard InChI is InChI=1S/C24H24N6O/c1-15-18(16(2)30-24(28-15)20-7-5-12-26-23(20)29-30)9-10-22(31)25-13-11-17-14-27-21-8-4-3-6-19(17)21/h3-8,12,14,27H,9-11,13H2,1-2H3,(H,25,31). The minimum absolute atomic E-state index is 0.0473. The van der Waals surface area contributed by atoms with Gasteiger partial charge in [-0.2, -0.15) is 0 Å². The molecule has 0 aliphatic rings. The molecule has 4 heterocycles. The summed E-state index contributed by atoms with van der Waals surface area (Å²) in [5, 5.41) is 9.79. The first kappa shape index (κ1) is 19.2. The summed E-state index contributed by atoms with van der Waals surface area (Å²) in [7, 11) is 0. The number of fused-ring (bicyclic) bond motifs is 4. The topological polar surface area (TPSA) is 88.0 Å². The lowest BCUT2D eigenvalue weighted by atomic mass is 10.1. The molecule has 2 N–H and O–H groups in total. The van der Waals surface area contributed by atoms with Crippen LogP contribution < -0.4 is 5.32 Å². The number of carbonyl (C=O) groups is 1. The van der Waals surface area contributed by atoms with Gasteiger partial charge in [0.25, 0.3) is 0 Å². The number of hydrogen-bond acceptors (Lipinski definition) is 4. The van der Waals surface area contributed by atoms with E-state index < -0.39 is 0 Å². The molecular weight excluding hydrogens is 388 g/mol. The Morgan fingerprint density at radius 2 is 1.94 bits per heavy atom. The normalized spacial score (nSPS) is 11.5. The highest BCUT2D eigenvalue weighted by Gasteiger charge is 2.15. The number of pyridine rings is 1. The smallest absolute Gasteiger partial charge is 0.220 e. The Bertz CT molecular complexity index is 1410. The summed E-state index contributed by atoms with van der Waals surface area (Å²) in [5.41, 5.74) is 6.84. The third-order valence-corrected chi connectivity index (χ3v) is 5.88. The van der Waals surface area contributed by atoms with E-state index in [4.69, 9.17) is 4.98 Å². The van der Waals surface area contributed by atoms with Crippen LogP contribution in [0.3, 0.4) is 0 Å². The highest BCUT2D eigenvalue weighted by Crippen LogP contribution is 2.22. The average molecular weight is 412 g/mol. The molecule has 7 heteroatoms. The van der Waals surface area contributed by atoms with E-state index in [1.807, 2.05) is 48.8 Å². The van der Waals surface area contributed by atoms with Gasteiger partial charge in [0.2, 0.25) is 5.91 Å². The van der Waals surface area contributed by atoms with Gasteiger partial charge in [-0.25, -0.2) is 14.5 Å². The van der Waals surface area contributed by atoms with Gasteiger partial charge in [0.15, 0.2) is 11.3 Å². The molecule has 4 aromatic heterocycles. The second kappa shape index (κ2) is 7.83. The highest BCUT2D eigenvalue weighted by molar-refractivity contribution is 5.89. The monoisotopic (exact) mass is 412 g/mol. The fourth-order valence-electron chi connectivity index (χ4n) is 4.23. The number of benzene rings is 1. The van der Waals surface area contributed by atoms with Crippen molar-refractivity contribution in [2.24, 2.45) is 0 Å². The number of para-hydroxylation sites is 1. The van der Waals surface area contributed by atoms with E-state index in [-0.39, 0.29) is 5.91 Å². The number of carbonyl (C=O) groups excluding carboxylic acids is 1. The first-order valence-electron chi connectivity index (χ1n) is 10.5. The molecular formula is C24H24N6O. The lowest BCUT2D eigenvalue weighted by Gasteiger charge is -2.11. The lowest BCUT2D eigenvalue weighted by Crippen LogP contribution is -2.26. The molecule has 0 aliphatic carbocycles. The summed E-state index contributed by atoms with van der Waals surface area (Å²) in [5.74, 6) is 0.0473. The second-order valence-corrected chi connectivity index (χ2v) is 7.83. The molecule has 1 amide bonds. The molecule has 0 atom stereocenters. The maximum Gasteiger partial charge on any atom is 0.220 e. The molecule has 0 aliphatic heterocycles. The molecule has 0 fully saturated rings. The average Bonchev–Trinajstić information content (AvgIpc) is 3.36. The van der Waals surface area contributed by atoms with Crippen molar-refractivity contribution in [1.29, 1.82) is 0 Å². The van der Waals surface area contributed by atoms with Crippen molar-refractivity contribution in [2.75, 3.05) is 6.54 Å². The van der Waals surface area contributed by atoms with Crippen LogP contribution >= 0.6 is 0 Å². The number of aromatic amines is 1. The van der Waals surface area contributed by atoms with Crippen molar-refractivity contribution in [3.63, 3.8) is 0 Å². The van der Waals surface area contributed by atoms with Gasteiger partial charge < -0.3 is 10.3 Å². The van der Waals surface area contributed by atoms with Gasteiger partial charge >= 0.3 is 0 Å². The van der Waals surface area contributed by atoms with Gasteiger partial charge in [0.05, 0.1) is 5.39 Å². The van der Waals surface area contributed by atoms with E-state index in [0.29, 0.717) is 25.0 Å². The molecule has 0 radical (unpaired) electrons. The van der Waals surface area contributed by atoms with Crippen molar-refractivity contribution in [1.82, 2.24) is 29.9 Å². The van der Waals surface area contributed by atoms with Crippen LogP contribution in [0.2, 0.25) is 0 Å². The molecule has 7 nitrogen and oxygen atoms in total. The minimum Gasteiger partial charge on any atom is -0.361 e. The van der Waals surface area contributed by atoms with Gasteiger partial charge in [0, 0.05) is 47.7 Å². The van der Waals surface area contributed by atoms with Crippen LogP contribution in [0, 0.1) is 13.8 Å². The number of rotatable bonds is 6. The van der Waals surface area contributed by atoms with Crippen LogP contribution in [0.25, 0.3) is 27.6 Å². The summed E-state index contributed by atoms with van der Waals surface area (Å²) in [6, 6.07) is 12.1. The van der Waals surface area contributed by atoms with E-state index in [2.05, 4.69) is 32.5 Å². The first-order chi connectivity index (χ1) is 15.1. The predicted molar refractivity (Wildman–Crippen MR) is 121 cm³/mol. The third-order valence-electron chi connectivity index (χ3n) is 5.88. The van der Waals surface area contributed by atoms with E-state index >= 15 is 0 Å². The Hall–Kier alpha value is -3.74. The van der Waals surface area contributed by atoms with Crippen LogP contribution in [-0.2, 0) is 17.6 Å². The SMILES string of the molecule is Cc1nc2c3cccnc3nn2c(C)c1CCC(=O)NCCc1c[nH]c2ccccc12. The molecule has 0 bridgehead atoms. The Kier molecular flexibility index (Phi) is 4.86. The molecule has 5 rings (SSSR count). The lowest BCUT2D eigenvalue weighted by molar-refractivity contribution is -0.121. The van der Waals surface area contributed by atoms with E-state index in [1.165, 1.54) is 10.9 Å². The van der Waals surface area contributed by atoms with Gasteiger partial charge in [0.1, 0.15) is 0 Å². The Labute approximate surface area is 179 Å². The van der Waals surface area contributed by atoms with E-state index in [0.717, 1.165) is 39.9 Å². The second-order valence-electron chi connectivity index (χ2n) is 7.83. The highest BCUT2D eigenvalue weighted by atomic mass is 16.1. The third kappa shape index (κ3) is 3.52. The zero-order chi connectivity index (χ0) is 21.4. The predicted octanol–water partition coefficient (Wildman–Crippen LogP) is 3.67. The Balaban J connectivity index is 1.25. The van der Waals surface area contributed by atoms with Crippen LogP contribution in [0.4, 0.5) is 0 Å². The summed E-state index contributed by atoms with van der Waals surface area (Å²) >= 11 is 0. The fraction of sp³-hybridized carbons (Fsp3) is 0.250. The number of amides is 1. The van der Waals surface area contributed by atoms with Gasteiger partial charge in [-0.1, -0.05) is 18.2 Å². The number of nitrogens with zero attached hydrogens (tertiary/aromatic N) is 4. The molecule has 5 aromatic rings. The van der Waals surface area contributed by atoms with Crippen LogP contribution in [0.5, 0.6) is 0 Å². The zero-order valence-corrected chi connectivity index (χ0v) is 17.6. The number of H-pyrrole nitrogens is 1. The first-order valence-corrected chi connectivity index (χ1v) is 10.5. The molecule has 156 valence electrons. The van der Waals surface area contributed by atoms with Crippen molar-refractivity contribution in [3.05, 3.63) is 71.3 Å². The van der Waals surface area contributed by atoms with Gasteiger partial charge in [-0.15, -0.1) is 5.10 Å². The van der Waals surface area contributed by atoms with Crippen LogP contribution in [-0.4, -0.2) is 37.0 Å². The van der Waals surface area contributed by atoms with E-state index in [1.54, 1.807) is 6.20 Å². The zero-order valence-electron chi connectivity index (χ0n) is 17.6. The quantitative estimate of drug-likeness (QED) is 0.445. The summed E-state index contributed by atoms with van der Waals surface area (Å²) in [6.07, 6.45) is 5.60. The minimum atomic E-state index is 0.0473. The number of aromatic nitrogens is 5. The van der Waals surface area contributed by atoms with Crippen molar-refractivity contribution in [2.45, 2.75) is 33.1 Å². The fourth-order valence-corrected chi connectivity index (χ4v) is 4.23. The number of aryl methyl sites for hydroxylation is 2. The van der Waals surface area contributed by atoms with Gasteiger partial charge in [-0.05, 0) is 56.0 Å². The molecule has 0 saturated carbocycles. The summed E-state index contributed by atoms with van der Waals surface area (Å²) in [4.78, 5) is 24.8. The molecule has 1 aromatic carbocycles. The van der Waals surface area contributed by atoms with Gasteiger partial charge in [-0.3, -0.25) is 4.79 Å². The molecule has 0 saturated heterocycles. The summed E-state index contributed by atoms with van der Waals surface area (Å²) in [6.45, 7) is 4.64.